The first-order chi connectivity index (χ1) is 4.29. The molecule has 1 saturated heterocycles. The second kappa shape index (κ2) is 3.11. The summed E-state index contributed by atoms with van der Waals surface area (Å²) in [5.41, 5.74) is 5.25. The van der Waals surface area contributed by atoms with Crippen LogP contribution in [-0.4, -0.2) is 17.3 Å². The Hall–Kier alpha value is -0.180. The maximum absolute atomic E-state index is 7.03. The van der Waals surface area contributed by atoms with Crippen molar-refractivity contribution in [2.24, 2.45) is 11.7 Å². The molecule has 52 valence electrons. The van der Waals surface area contributed by atoms with E-state index in [0.717, 1.165) is 6.42 Å². The Kier molecular flexibility index (Phi) is 2.39. The molecule has 0 aliphatic carbocycles. The number of nitrogens with two attached hydrogens (primary N) is 1. The Labute approximate surface area is 59.7 Å². The van der Waals surface area contributed by atoms with Crippen LogP contribution in [0.25, 0.3) is 0 Å². The fraction of sp³-hybridized carbons (Fsp3) is 0.833. The lowest BCUT2D eigenvalue weighted by Crippen LogP contribution is -2.14. The molecular weight excluding hydrogens is 132 g/mol. The highest BCUT2D eigenvalue weighted by Gasteiger charge is 2.15. The first kappa shape index (κ1) is 6.93. The molecule has 0 unspecified atom stereocenters. The Morgan fingerprint density at radius 1 is 1.78 bits per heavy atom. The zero-order valence-corrected chi connectivity index (χ0v) is 6.21. The van der Waals surface area contributed by atoms with Crippen LogP contribution < -0.4 is 5.73 Å². The van der Waals surface area contributed by atoms with Crippen molar-refractivity contribution in [2.45, 2.75) is 12.8 Å². The third-order valence-electron chi connectivity index (χ3n) is 1.53. The summed E-state index contributed by atoms with van der Waals surface area (Å²) >= 11 is 1.97. The Morgan fingerprint density at radius 3 is 3.00 bits per heavy atom. The highest BCUT2D eigenvalue weighted by Crippen LogP contribution is 2.25. The minimum atomic E-state index is 0.350. The smallest absolute Gasteiger partial charge is 0.0908 e. The van der Waals surface area contributed by atoms with Gasteiger partial charge in [-0.3, -0.25) is 5.41 Å². The fourth-order valence-electron chi connectivity index (χ4n) is 1.06. The first-order valence-electron chi connectivity index (χ1n) is 3.19. The van der Waals surface area contributed by atoms with Crippen LogP contribution in [0.15, 0.2) is 0 Å². The average molecular weight is 144 g/mol. The van der Waals surface area contributed by atoms with Gasteiger partial charge in [0.05, 0.1) is 5.84 Å². The van der Waals surface area contributed by atoms with Crippen LogP contribution in [0.1, 0.15) is 12.8 Å². The topological polar surface area (TPSA) is 49.9 Å². The van der Waals surface area contributed by atoms with E-state index in [2.05, 4.69) is 0 Å². The molecule has 1 rings (SSSR count). The van der Waals surface area contributed by atoms with Gasteiger partial charge in [-0.15, -0.1) is 0 Å². The Morgan fingerprint density at radius 2 is 2.56 bits per heavy atom. The van der Waals surface area contributed by atoms with Crippen molar-refractivity contribution in [2.75, 3.05) is 11.5 Å². The third-order valence-corrected chi connectivity index (χ3v) is 2.76. The highest BCUT2D eigenvalue weighted by atomic mass is 32.2. The van der Waals surface area contributed by atoms with Crippen molar-refractivity contribution in [1.82, 2.24) is 0 Å². The van der Waals surface area contributed by atoms with Gasteiger partial charge in [0.15, 0.2) is 0 Å². The van der Waals surface area contributed by atoms with E-state index >= 15 is 0 Å². The van der Waals surface area contributed by atoms with Crippen molar-refractivity contribution in [3.05, 3.63) is 0 Å². The van der Waals surface area contributed by atoms with E-state index in [-0.39, 0.29) is 0 Å². The van der Waals surface area contributed by atoms with E-state index in [4.69, 9.17) is 11.1 Å². The maximum Gasteiger partial charge on any atom is 0.0908 e. The third kappa shape index (κ3) is 2.26. The maximum atomic E-state index is 7.03. The normalized spacial score (nSPS) is 26.4. The largest absolute Gasteiger partial charge is 0.388 e. The van der Waals surface area contributed by atoms with E-state index in [1.807, 2.05) is 11.8 Å². The minimum absolute atomic E-state index is 0.350. The van der Waals surface area contributed by atoms with E-state index < -0.39 is 0 Å². The lowest BCUT2D eigenvalue weighted by molar-refractivity contribution is 0.622. The zero-order valence-electron chi connectivity index (χ0n) is 5.39. The number of rotatable bonds is 2. The minimum Gasteiger partial charge on any atom is -0.388 e. The Balaban J connectivity index is 2.19. The van der Waals surface area contributed by atoms with Gasteiger partial charge < -0.3 is 5.73 Å². The van der Waals surface area contributed by atoms with Gasteiger partial charge in [0.25, 0.3) is 0 Å². The van der Waals surface area contributed by atoms with Crippen molar-refractivity contribution in [3.63, 3.8) is 0 Å². The second-order valence-corrected chi connectivity index (χ2v) is 3.61. The summed E-state index contributed by atoms with van der Waals surface area (Å²) in [6.45, 7) is 0. The molecule has 1 aliphatic heterocycles. The van der Waals surface area contributed by atoms with Gasteiger partial charge in [-0.2, -0.15) is 11.8 Å². The quantitative estimate of drug-likeness (QED) is 0.450. The van der Waals surface area contributed by atoms with Crippen molar-refractivity contribution in [1.29, 1.82) is 5.41 Å². The molecule has 1 fully saturated rings. The molecule has 3 heteroatoms. The van der Waals surface area contributed by atoms with Crippen LogP contribution in [0.2, 0.25) is 0 Å². The first-order valence-corrected chi connectivity index (χ1v) is 4.35. The standard InChI is InChI=1S/C6H12N2S/c7-6(8)3-5-1-2-9-4-5/h5H,1-4H2,(H3,7,8)/t5-/m1/s1. The van der Waals surface area contributed by atoms with Gasteiger partial charge in [0.2, 0.25) is 0 Å². The van der Waals surface area contributed by atoms with Gasteiger partial charge in [-0.1, -0.05) is 0 Å². The van der Waals surface area contributed by atoms with Gasteiger partial charge >= 0.3 is 0 Å². The molecule has 9 heavy (non-hydrogen) atoms. The van der Waals surface area contributed by atoms with E-state index in [9.17, 15) is 0 Å². The number of hydrogen-bond donors (Lipinski definition) is 2. The van der Waals surface area contributed by atoms with E-state index in [1.165, 1.54) is 17.9 Å². The van der Waals surface area contributed by atoms with Gasteiger partial charge in [0, 0.05) is 6.42 Å². The number of hydrogen-bond acceptors (Lipinski definition) is 2. The van der Waals surface area contributed by atoms with Crippen LogP contribution in [-0.2, 0) is 0 Å². The van der Waals surface area contributed by atoms with E-state index in [1.54, 1.807) is 0 Å². The predicted octanol–water partition coefficient (Wildman–Crippen LogP) is 1.07. The molecule has 1 atom stereocenters. The lowest BCUT2D eigenvalue weighted by Gasteiger charge is -2.03. The Bertz CT molecular complexity index is 108. The van der Waals surface area contributed by atoms with Crippen LogP contribution in [0.4, 0.5) is 0 Å². The molecule has 0 aromatic heterocycles. The van der Waals surface area contributed by atoms with Crippen LogP contribution in [0.5, 0.6) is 0 Å². The molecule has 0 aromatic carbocycles. The molecule has 0 aromatic rings. The van der Waals surface area contributed by atoms with Crippen molar-refractivity contribution < 1.29 is 0 Å². The molecule has 2 nitrogen and oxygen atoms in total. The molecule has 3 N–H and O–H groups in total. The molecular formula is C6H12N2S. The summed E-state index contributed by atoms with van der Waals surface area (Å²) in [6.07, 6.45) is 2.07. The molecule has 1 heterocycles. The van der Waals surface area contributed by atoms with Gasteiger partial charge in [-0.25, -0.2) is 0 Å². The zero-order chi connectivity index (χ0) is 6.69. The molecule has 0 saturated carbocycles. The van der Waals surface area contributed by atoms with Gasteiger partial charge in [-0.05, 0) is 23.8 Å². The predicted molar refractivity (Wildman–Crippen MR) is 42.0 cm³/mol. The molecule has 0 radical (unpaired) electrons. The van der Waals surface area contributed by atoms with Crippen molar-refractivity contribution in [3.8, 4) is 0 Å². The SMILES string of the molecule is N=C(N)C[C@H]1CCSC1. The van der Waals surface area contributed by atoms with E-state index in [0.29, 0.717) is 11.8 Å². The van der Waals surface area contributed by atoms with Crippen LogP contribution in [0.3, 0.4) is 0 Å². The van der Waals surface area contributed by atoms with Crippen molar-refractivity contribution >= 4 is 17.6 Å². The summed E-state index contributed by atoms with van der Waals surface area (Å²) in [4.78, 5) is 0. The number of nitrogens with one attached hydrogen (secondary N) is 1. The fourth-order valence-corrected chi connectivity index (χ4v) is 2.34. The average Bonchev–Trinajstić information content (AvgIpc) is 2.15. The molecule has 0 bridgehead atoms. The van der Waals surface area contributed by atoms with Crippen LogP contribution in [0, 0.1) is 11.3 Å². The number of thioether (sulfide) groups is 1. The summed E-state index contributed by atoms with van der Waals surface area (Å²) in [6, 6.07) is 0. The summed E-state index contributed by atoms with van der Waals surface area (Å²) in [7, 11) is 0. The molecule has 0 spiro atoms. The lowest BCUT2D eigenvalue weighted by atomic mass is 10.1. The summed E-state index contributed by atoms with van der Waals surface area (Å²) in [5.74, 6) is 3.52. The highest BCUT2D eigenvalue weighted by molar-refractivity contribution is 7.99. The van der Waals surface area contributed by atoms with Crippen LogP contribution >= 0.6 is 11.8 Å². The second-order valence-electron chi connectivity index (χ2n) is 2.46. The monoisotopic (exact) mass is 144 g/mol. The number of amidine groups is 1. The molecule has 1 aliphatic rings. The summed E-state index contributed by atoms with van der Waals surface area (Å²) in [5, 5.41) is 7.03. The van der Waals surface area contributed by atoms with Gasteiger partial charge in [0.1, 0.15) is 0 Å². The summed E-state index contributed by atoms with van der Waals surface area (Å²) < 4.78 is 0. The molecule has 0 amide bonds.